The second-order valence-corrected chi connectivity index (χ2v) is 6.52. The molecule has 7 nitrogen and oxygen atoms in total. The standard InChI is InChI=1S/C23H20N2O5/c1-15-13-19(25-30-15)16(2)20(26)14-29-23(28)21(17-9-5-3-6-10-17)24-22(27)18-11-7-4-8-12-18/h3-13,21H,2,14H2,1H3,(H,24,27). The number of aryl methyl sites for hydroxylation is 1. The Bertz CT molecular complexity index is 1060. The minimum atomic E-state index is -1.07. The molecule has 0 aliphatic carbocycles. The molecule has 0 aliphatic heterocycles. The molecular weight excluding hydrogens is 384 g/mol. The quantitative estimate of drug-likeness (QED) is 0.457. The topological polar surface area (TPSA) is 98.5 Å². The van der Waals surface area contributed by atoms with E-state index in [4.69, 9.17) is 9.26 Å². The van der Waals surface area contributed by atoms with Gasteiger partial charge in [-0.15, -0.1) is 0 Å². The van der Waals surface area contributed by atoms with Crippen molar-refractivity contribution in [3.05, 3.63) is 95.9 Å². The number of carbonyl (C=O) groups is 3. The minimum absolute atomic E-state index is 0.0734. The van der Waals surface area contributed by atoms with Gasteiger partial charge in [-0.2, -0.15) is 0 Å². The lowest BCUT2D eigenvalue weighted by Gasteiger charge is -2.18. The van der Waals surface area contributed by atoms with Crippen LogP contribution in [0.15, 0.2) is 77.8 Å². The van der Waals surface area contributed by atoms with Crippen LogP contribution in [0.2, 0.25) is 0 Å². The molecule has 3 aromatic rings. The average molecular weight is 404 g/mol. The van der Waals surface area contributed by atoms with E-state index in [9.17, 15) is 14.4 Å². The molecule has 152 valence electrons. The SMILES string of the molecule is C=C(C(=O)COC(=O)C(NC(=O)c1ccccc1)c1ccccc1)c1cc(C)on1. The molecule has 1 N–H and O–H groups in total. The highest BCUT2D eigenvalue weighted by atomic mass is 16.5. The first-order valence-corrected chi connectivity index (χ1v) is 9.19. The van der Waals surface area contributed by atoms with Crippen LogP contribution < -0.4 is 5.32 Å². The fourth-order valence-electron chi connectivity index (χ4n) is 2.69. The molecule has 0 saturated heterocycles. The number of ketones is 1. The van der Waals surface area contributed by atoms with Crippen molar-refractivity contribution in [1.29, 1.82) is 0 Å². The monoisotopic (exact) mass is 404 g/mol. The number of ether oxygens (including phenoxy) is 1. The first kappa shape index (κ1) is 20.7. The van der Waals surface area contributed by atoms with Crippen LogP contribution in [0.5, 0.6) is 0 Å². The molecule has 1 unspecified atom stereocenters. The summed E-state index contributed by atoms with van der Waals surface area (Å²) in [5.41, 5.74) is 1.29. The largest absolute Gasteiger partial charge is 0.455 e. The maximum absolute atomic E-state index is 12.7. The number of nitrogens with one attached hydrogen (secondary N) is 1. The van der Waals surface area contributed by atoms with Crippen LogP contribution in [-0.4, -0.2) is 29.4 Å². The summed E-state index contributed by atoms with van der Waals surface area (Å²) in [5.74, 6) is -1.18. The Morgan fingerprint density at radius 2 is 1.70 bits per heavy atom. The molecule has 30 heavy (non-hydrogen) atoms. The summed E-state index contributed by atoms with van der Waals surface area (Å²) in [4.78, 5) is 37.6. The second-order valence-electron chi connectivity index (χ2n) is 6.52. The highest BCUT2D eigenvalue weighted by Crippen LogP contribution is 2.17. The molecular formula is C23H20N2O5. The van der Waals surface area contributed by atoms with Crippen molar-refractivity contribution < 1.29 is 23.6 Å². The molecule has 7 heteroatoms. The van der Waals surface area contributed by atoms with Crippen LogP contribution in [0.3, 0.4) is 0 Å². The molecule has 0 saturated carbocycles. The highest BCUT2D eigenvalue weighted by molar-refractivity contribution is 6.20. The van der Waals surface area contributed by atoms with E-state index in [0.717, 1.165) is 0 Å². The lowest BCUT2D eigenvalue weighted by Crippen LogP contribution is -2.35. The lowest BCUT2D eigenvalue weighted by atomic mass is 10.1. The number of Topliss-reactive ketones (excluding diaryl/α,β-unsaturated/α-hetero) is 1. The Morgan fingerprint density at radius 3 is 2.30 bits per heavy atom. The van der Waals surface area contributed by atoms with E-state index in [1.165, 1.54) is 0 Å². The van der Waals surface area contributed by atoms with Gasteiger partial charge in [0.1, 0.15) is 11.5 Å². The maximum atomic E-state index is 12.7. The number of aromatic nitrogens is 1. The Labute approximate surface area is 173 Å². The van der Waals surface area contributed by atoms with Crippen LogP contribution >= 0.6 is 0 Å². The molecule has 1 amide bonds. The van der Waals surface area contributed by atoms with Gasteiger partial charge in [-0.1, -0.05) is 60.3 Å². The number of carbonyl (C=O) groups excluding carboxylic acids is 3. The molecule has 2 aromatic carbocycles. The molecule has 1 atom stereocenters. The van der Waals surface area contributed by atoms with E-state index in [2.05, 4.69) is 17.1 Å². The van der Waals surface area contributed by atoms with Gasteiger partial charge in [0, 0.05) is 17.2 Å². The van der Waals surface area contributed by atoms with Crippen molar-refractivity contribution in [2.75, 3.05) is 6.61 Å². The van der Waals surface area contributed by atoms with E-state index < -0.39 is 30.3 Å². The van der Waals surface area contributed by atoms with Crippen molar-refractivity contribution in [3.63, 3.8) is 0 Å². The normalized spacial score (nSPS) is 11.4. The highest BCUT2D eigenvalue weighted by Gasteiger charge is 2.26. The summed E-state index contributed by atoms with van der Waals surface area (Å²) in [6, 6.07) is 17.6. The summed E-state index contributed by atoms with van der Waals surface area (Å²) >= 11 is 0. The van der Waals surface area contributed by atoms with Crippen LogP contribution in [0.25, 0.3) is 5.57 Å². The third-order valence-corrected chi connectivity index (χ3v) is 4.30. The summed E-state index contributed by atoms with van der Waals surface area (Å²) in [6.45, 7) is 4.83. The third kappa shape index (κ3) is 5.08. The number of rotatable bonds is 8. The predicted octanol–water partition coefficient (Wildman–Crippen LogP) is 3.28. The first-order valence-electron chi connectivity index (χ1n) is 9.19. The van der Waals surface area contributed by atoms with Crippen LogP contribution in [0, 0.1) is 6.92 Å². The fourth-order valence-corrected chi connectivity index (χ4v) is 2.69. The number of hydrogen-bond acceptors (Lipinski definition) is 6. The third-order valence-electron chi connectivity index (χ3n) is 4.30. The predicted molar refractivity (Wildman–Crippen MR) is 109 cm³/mol. The Morgan fingerprint density at radius 1 is 1.07 bits per heavy atom. The molecule has 0 bridgehead atoms. The minimum Gasteiger partial charge on any atom is -0.455 e. The van der Waals surface area contributed by atoms with E-state index >= 15 is 0 Å². The van der Waals surface area contributed by atoms with Gasteiger partial charge in [-0.3, -0.25) is 9.59 Å². The smallest absolute Gasteiger partial charge is 0.333 e. The number of amides is 1. The number of esters is 1. The summed E-state index contributed by atoms with van der Waals surface area (Å²) in [7, 11) is 0. The second kappa shape index (κ2) is 9.47. The molecule has 0 radical (unpaired) electrons. The van der Waals surface area contributed by atoms with Gasteiger partial charge in [0.15, 0.2) is 12.6 Å². The van der Waals surface area contributed by atoms with Crippen LogP contribution in [0.1, 0.15) is 33.4 Å². The molecule has 1 heterocycles. The Hall–Kier alpha value is -4.00. The van der Waals surface area contributed by atoms with Gasteiger partial charge in [0.2, 0.25) is 5.78 Å². The first-order chi connectivity index (χ1) is 14.5. The van der Waals surface area contributed by atoms with Crippen molar-refractivity contribution in [2.45, 2.75) is 13.0 Å². The molecule has 0 fully saturated rings. The van der Waals surface area contributed by atoms with Gasteiger partial charge in [-0.05, 0) is 24.6 Å². The molecule has 3 rings (SSSR count). The van der Waals surface area contributed by atoms with Gasteiger partial charge in [-0.25, -0.2) is 4.79 Å². The molecule has 0 aliphatic rings. The molecule has 0 spiro atoms. The van der Waals surface area contributed by atoms with E-state index in [1.807, 2.05) is 0 Å². The number of nitrogens with zero attached hydrogens (tertiary/aromatic N) is 1. The van der Waals surface area contributed by atoms with Gasteiger partial charge in [0.25, 0.3) is 5.91 Å². The van der Waals surface area contributed by atoms with Crippen molar-refractivity contribution in [1.82, 2.24) is 10.5 Å². The fraction of sp³-hybridized carbons (Fsp3) is 0.130. The van der Waals surface area contributed by atoms with Gasteiger partial charge < -0.3 is 14.6 Å². The van der Waals surface area contributed by atoms with E-state index in [1.54, 1.807) is 73.7 Å². The lowest BCUT2D eigenvalue weighted by molar-refractivity contribution is -0.148. The van der Waals surface area contributed by atoms with Crippen molar-refractivity contribution in [3.8, 4) is 0 Å². The number of benzene rings is 2. The van der Waals surface area contributed by atoms with E-state index in [-0.39, 0.29) is 11.3 Å². The number of hydrogen-bond donors (Lipinski definition) is 1. The summed E-state index contributed by atoms with van der Waals surface area (Å²) < 4.78 is 10.1. The van der Waals surface area contributed by atoms with E-state index in [0.29, 0.717) is 16.9 Å². The average Bonchev–Trinajstić information content (AvgIpc) is 3.22. The van der Waals surface area contributed by atoms with Crippen LogP contribution in [-0.2, 0) is 14.3 Å². The van der Waals surface area contributed by atoms with Crippen LogP contribution in [0.4, 0.5) is 0 Å². The zero-order chi connectivity index (χ0) is 21.5. The molecule has 1 aromatic heterocycles. The maximum Gasteiger partial charge on any atom is 0.333 e. The van der Waals surface area contributed by atoms with Gasteiger partial charge >= 0.3 is 5.97 Å². The summed E-state index contributed by atoms with van der Waals surface area (Å²) in [6.07, 6.45) is 0. The zero-order valence-electron chi connectivity index (χ0n) is 16.3. The van der Waals surface area contributed by atoms with Gasteiger partial charge in [0.05, 0.1) is 0 Å². The Balaban J connectivity index is 1.70. The zero-order valence-corrected chi connectivity index (χ0v) is 16.3. The summed E-state index contributed by atoms with van der Waals surface area (Å²) in [5, 5.41) is 6.39. The van der Waals surface area contributed by atoms with Crippen molar-refractivity contribution >= 4 is 23.2 Å². The van der Waals surface area contributed by atoms with Crippen molar-refractivity contribution in [2.24, 2.45) is 0 Å². The Kier molecular flexibility index (Phi) is 6.54.